The number of piperazine rings is 1. The highest BCUT2D eigenvalue weighted by Crippen LogP contribution is 2.27. The minimum absolute atomic E-state index is 0.427. The Morgan fingerprint density at radius 3 is 2.71 bits per heavy atom. The second kappa shape index (κ2) is 13.2. The van der Waals surface area contributed by atoms with E-state index in [9.17, 15) is 0 Å². The number of hydrogen-bond acceptors (Lipinski definition) is 8. The maximum Gasteiger partial charge on any atom is 0.147 e. The number of allylic oxidation sites excluding steroid dienone is 1. The van der Waals surface area contributed by atoms with Crippen LogP contribution in [0.25, 0.3) is 5.70 Å². The lowest BCUT2D eigenvalue weighted by Gasteiger charge is -2.36. The molecule has 0 spiro atoms. The van der Waals surface area contributed by atoms with Crippen molar-refractivity contribution in [2.45, 2.75) is 45.1 Å². The van der Waals surface area contributed by atoms with Crippen LogP contribution in [-0.2, 0) is 4.74 Å². The Morgan fingerprint density at radius 1 is 1.23 bits per heavy atom. The molecule has 1 aromatic heterocycles. The summed E-state index contributed by atoms with van der Waals surface area (Å²) in [6, 6.07) is 0. The van der Waals surface area contributed by atoms with E-state index in [0.717, 1.165) is 73.7 Å². The van der Waals surface area contributed by atoms with Gasteiger partial charge in [-0.1, -0.05) is 6.42 Å². The van der Waals surface area contributed by atoms with E-state index >= 15 is 0 Å². The van der Waals surface area contributed by atoms with E-state index in [1.807, 2.05) is 31.2 Å². The third-order valence-electron chi connectivity index (χ3n) is 5.94. The molecule has 2 saturated heterocycles. The molecule has 1 N–H and O–H groups in total. The number of unbranched alkanes of at least 4 members (excludes halogenated alkanes) is 2. The van der Waals surface area contributed by atoms with Crippen molar-refractivity contribution in [1.82, 2.24) is 20.2 Å². The van der Waals surface area contributed by atoms with E-state index in [4.69, 9.17) is 9.72 Å². The molecule has 1 aromatic rings. The molecular formula is C23H38N6OS. The summed E-state index contributed by atoms with van der Waals surface area (Å²) in [6.07, 6.45) is 10.2. The number of anilines is 1. The fourth-order valence-corrected chi connectivity index (χ4v) is 5.05. The lowest BCUT2D eigenvalue weighted by atomic mass is 10.2. The van der Waals surface area contributed by atoms with E-state index in [2.05, 4.69) is 38.7 Å². The van der Waals surface area contributed by atoms with E-state index < -0.39 is 0 Å². The molecule has 0 radical (unpaired) electrons. The van der Waals surface area contributed by atoms with Gasteiger partial charge in [0.15, 0.2) is 0 Å². The first-order valence-electron chi connectivity index (χ1n) is 11.6. The van der Waals surface area contributed by atoms with Crippen molar-refractivity contribution in [2.24, 2.45) is 4.99 Å². The van der Waals surface area contributed by atoms with Gasteiger partial charge in [0.25, 0.3) is 0 Å². The molecule has 0 aliphatic carbocycles. The largest absolute Gasteiger partial charge is 0.377 e. The molecule has 0 bridgehead atoms. The summed E-state index contributed by atoms with van der Waals surface area (Å²) in [4.78, 5) is 19.6. The monoisotopic (exact) mass is 446 g/mol. The van der Waals surface area contributed by atoms with Gasteiger partial charge in [-0.2, -0.15) is 0 Å². The molecule has 7 nitrogen and oxygen atoms in total. The zero-order valence-corrected chi connectivity index (χ0v) is 20.0. The van der Waals surface area contributed by atoms with Crippen LogP contribution in [0.5, 0.6) is 0 Å². The van der Waals surface area contributed by atoms with Crippen LogP contribution in [0.3, 0.4) is 0 Å². The number of ether oxygens (including phenoxy) is 1. The zero-order chi connectivity index (χ0) is 21.9. The first-order valence-corrected chi connectivity index (χ1v) is 12.6. The minimum Gasteiger partial charge on any atom is -0.377 e. The Morgan fingerprint density at radius 2 is 2.06 bits per heavy atom. The Balaban J connectivity index is 1.48. The molecule has 1 atom stereocenters. The first kappa shape index (κ1) is 24.2. The van der Waals surface area contributed by atoms with Gasteiger partial charge in [0.05, 0.1) is 24.2 Å². The highest BCUT2D eigenvalue weighted by Gasteiger charge is 2.23. The van der Waals surface area contributed by atoms with Crippen LogP contribution in [0.15, 0.2) is 22.3 Å². The Kier molecular flexibility index (Phi) is 10.3. The third-order valence-corrected chi connectivity index (χ3v) is 7.06. The molecule has 2 aliphatic heterocycles. The predicted molar refractivity (Wildman–Crippen MR) is 132 cm³/mol. The highest BCUT2D eigenvalue weighted by atomic mass is 32.2. The molecule has 0 amide bonds. The summed E-state index contributed by atoms with van der Waals surface area (Å²) in [5, 5.41) is 3.20. The van der Waals surface area contributed by atoms with Gasteiger partial charge in [0, 0.05) is 44.2 Å². The fourth-order valence-electron chi connectivity index (χ4n) is 4.09. The zero-order valence-electron chi connectivity index (χ0n) is 19.2. The number of nitrogens with one attached hydrogen (secondary N) is 1. The summed E-state index contributed by atoms with van der Waals surface area (Å²) in [5.41, 5.74) is 1.65. The van der Waals surface area contributed by atoms with Crippen LogP contribution in [0.4, 0.5) is 5.82 Å². The molecule has 3 heterocycles. The summed E-state index contributed by atoms with van der Waals surface area (Å²) in [5.74, 6) is 2.04. The van der Waals surface area contributed by atoms with Gasteiger partial charge in [-0.15, -0.1) is 11.8 Å². The van der Waals surface area contributed by atoms with Crippen molar-refractivity contribution >= 4 is 30.0 Å². The maximum absolute atomic E-state index is 5.78. The van der Waals surface area contributed by atoms with Crippen molar-refractivity contribution in [3.8, 4) is 0 Å². The second-order valence-corrected chi connectivity index (χ2v) is 9.57. The van der Waals surface area contributed by atoms with Crippen LogP contribution in [-0.4, -0.2) is 86.4 Å². The van der Waals surface area contributed by atoms with Gasteiger partial charge < -0.3 is 15.0 Å². The van der Waals surface area contributed by atoms with Gasteiger partial charge >= 0.3 is 0 Å². The third kappa shape index (κ3) is 7.56. The average molecular weight is 447 g/mol. The second-order valence-electron chi connectivity index (χ2n) is 8.26. The van der Waals surface area contributed by atoms with Crippen molar-refractivity contribution in [2.75, 3.05) is 63.6 Å². The minimum atomic E-state index is 0.427. The molecule has 1 unspecified atom stereocenters. The molecular weight excluding hydrogens is 408 g/mol. The SMILES string of the molecule is C=N/C(=C(/C)SCCCCCNC)c1cnc(N2CCN(CC3CCCO3)CC2)cn1. The van der Waals surface area contributed by atoms with Crippen LogP contribution >= 0.6 is 11.8 Å². The predicted octanol–water partition coefficient (Wildman–Crippen LogP) is 3.29. The molecule has 0 saturated carbocycles. The number of rotatable bonds is 12. The highest BCUT2D eigenvalue weighted by molar-refractivity contribution is 8.03. The Bertz CT molecular complexity index is 697. The van der Waals surface area contributed by atoms with E-state index in [0.29, 0.717) is 6.10 Å². The van der Waals surface area contributed by atoms with Crippen LogP contribution < -0.4 is 10.2 Å². The van der Waals surface area contributed by atoms with Crippen LogP contribution in [0.1, 0.15) is 44.7 Å². The average Bonchev–Trinajstić information content (AvgIpc) is 3.31. The Hall–Kier alpha value is -1.48. The van der Waals surface area contributed by atoms with Crippen molar-refractivity contribution in [3.05, 3.63) is 23.0 Å². The van der Waals surface area contributed by atoms with Gasteiger partial charge in [-0.25, -0.2) is 9.97 Å². The fraction of sp³-hybridized carbons (Fsp3) is 0.696. The van der Waals surface area contributed by atoms with E-state index in [1.165, 1.54) is 32.1 Å². The van der Waals surface area contributed by atoms with Gasteiger partial charge in [0.2, 0.25) is 0 Å². The first-order chi connectivity index (χ1) is 15.2. The van der Waals surface area contributed by atoms with Crippen LogP contribution in [0.2, 0.25) is 0 Å². The summed E-state index contributed by atoms with van der Waals surface area (Å²) in [7, 11) is 2.00. The van der Waals surface area contributed by atoms with Gasteiger partial charge in [-0.05, 0) is 58.7 Å². The van der Waals surface area contributed by atoms with Crippen molar-refractivity contribution in [3.63, 3.8) is 0 Å². The quantitative estimate of drug-likeness (QED) is 0.390. The maximum atomic E-state index is 5.78. The molecule has 172 valence electrons. The van der Waals surface area contributed by atoms with E-state index in [1.54, 1.807) is 0 Å². The van der Waals surface area contributed by atoms with Gasteiger partial charge in [-0.3, -0.25) is 9.89 Å². The molecule has 3 rings (SSSR count). The summed E-state index contributed by atoms with van der Waals surface area (Å²) in [6.45, 7) is 13.0. The van der Waals surface area contributed by atoms with Crippen LogP contribution in [0, 0.1) is 0 Å². The normalized spacial score (nSPS) is 20.7. The number of nitrogens with zero attached hydrogens (tertiary/aromatic N) is 5. The number of hydrogen-bond donors (Lipinski definition) is 1. The lowest BCUT2D eigenvalue weighted by molar-refractivity contribution is 0.0712. The topological polar surface area (TPSA) is 65.9 Å². The number of thioether (sulfide) groups is 1. The smallest absolute Gasteiger partial charge is 0.147 e. The Labute approximate surface area is 191 Å². The molecule has 31 heavy (non-hydrogen) atoms. The molecule has 2 aliphatic rings. The lowest BCUT2D eigenvalue weighted by Crippen LogP contribution is -2.48. The van der Waals surface area contributed by atoms with Crippen molar-refractivity contribution in [1.29, 1.82) is 0 Å². The molecule has 8 heteroatoms. The van der Waals surface area contributed by atoms with E-state index in [-0.39, 0.29) is 0 Å². The standard InChI is InChI=1S/C23H38N6OS/c1-19(31-15-6-4-5-9-24-2)23(25-3)21-16-27-22(17-26-21)29-12-10-28(11-13-29)18-20-8-7-14-30-20/h16-17,20,24H,3-15,18H2,1-2H3/b23-19-. The van der Waals surface area contributed by atoms with Crippen molar-refractivity contribution < 1.29 is 4.74 Å². The number of aromatic nitrogens is 2. The molecule has 2 fully saturated rings. The number of aliphatic imine (C=N–C) groups is 1. The summed E-state index contributed by atoms with van der Waals surface area (Å²) < 4.78 is 5.78. The molecule has 0 aromatic carbocycles. The van der Waals surface area contributed by atoms with Gasteiger partial charge in [0.1, 0.15) is 11.5 Å². The summed E-state index contributed by atoms with van der Waals surface area (Å²) >= 11 is 1.84.